The van der Waals surface area contributed by atoms with Crippen LogP contribution in [0.1, 0.15) is 111 Å². The van der Waals surface area contributed by atoms with Gasteiger partial charge in [0.05, 0.1) is 34.2 Å². The minimum atomic E-state index is 0. The van der Waals surface area contributed by atoms with E-state index in [0.717, 1.165) is 127 Å². The Bertz CT molecular complexity index is 1100. The van der Waals surface area contributed by atoms with Gasteiger partial charge in [0, 0.05) is 36.8 Å². The molecule has 0 fully saturated rings. The number of aromatic nitrogens is 3. The third-order valence-electron chi connectivity index (χ3n) is 8.49. The number of nitrogens with zero attached hydrogens (tertiary/aromatic N) is 7. The van der Waals surface area contributed by atoms with Crippen LogP contribution < -0.4 is 5.32 Å². The number of rotatable bonds is 20. The van der Waals surface area contributed by atoms with Crippen LogP contribution in [0.3, 0.4) is 0 Å². The minimum absolute atomic E-state index is 0. The summed E-state index contributed by atoms with van der Waals surface area (Å²) in [5.41, 5.74) is 6.90. The first-order chi connectivity index (χ1) is 26.1. The van der Waals surface area contributed by atoms with Gasteiger partial charge >= 0.3 is 33.3 Å². The van der Waals surface area contributed by atoms with Gasteiger partial charge in [-0.05, 0) is 102 Å². The Hall–Kier alpha value is -0.691. The maximum atomic E-state index is 4.76. The van der Waals surface area contributed by atoms with Gasteiger partial charge < -0.3 is 5.32 Å². The van der Waals surface area contributed by atoms with E-state index in [4.69, 9.17) is 9.97 Å². The Morgan fingerprint density at radius 2 is 0.655 bits per heavy atom. The van der Waals surface area contributed by atoms with E-state index < -0.39 is 0 Å². The van der Waals surface area contributed by atoms with E-state index in [-0.39, 0.29) is 7.43 Å². The molecule has 0 saturated carbocycles. The van der Waals surface area contributed by atoms with Crippen molar-refractivity contribution in [3.8, 4) is 0 Å². The van der Waals surface area contributed by atoms with Crippen LogP contribution in [0.2, 0.25) is 0 Å². The van der Waals surface area contributed by atoms with Gasteiger partial charge in [0.25, 0.3) is 0 Å². The molecule has 1 N–H and O–H groups in total. The van der Waals surface area contributed by atoms with Crippen LogP contribution >= 0.6 is 52.1 Å². The Morgan fingerprint density at radius 1 is 0.455 bits per heavy atom. The van der Waals surface area contributed by atoms with Crippen LogP contribution in [-0.4, -0.2) is 100.0 Å². The first-order valence-electron chi connectivity index (χ1n) is 19.5. The van der Waals surface area contributed by atoms with Crippen molar-refractivity contribution in [1.29, 1.82) is 0 Å². The molecule has 3 rings (SSSR count). The normalized spacial score (nSPS) is 10.4. The topological polar surface area (TPSA) is 63.7 Å². The first kappa shape index (κ1) is 58.6. The molecule has 0 saturated heterocycles. The first-order valence-corrected chi connectivity index (χ1v) is 24.4. The fourth-order valence-electron chi connectivity index (χ4n) is 5.04. The zero-order valence-electron chi connectivity index (χ0n) is 35.0. The molecule has 0 aromatic carbocycles. The predicted octanol–water partition coefficient (Wildman–Crippen LogP) is 11.0. The summed E-state index contributed by atoms with van der Waals surface area (Å²) in [5.74, 6) is 0. The van der Waals surface area contributed by atoms with E-state index in [1.807, 2.05) is 18.2 Å². The molecule has 3 aromatic heterocycles. The molecule has 0 unspecified atom stereocenters. The number of pyridine rings is 3. The molecule has 3 heterocycles. The van der Waals surface area contributed by atoms with Crippen LogP contribution in [0.4, 0.5) is 0 Å². The predicted molar refractivity (Wildman–Crippen MR) is 247 cm³/mol. The van der Waals surface area contributed by atoms with Gasteiger partial charge in [-0.3, -0.25) is 34.6 Å². The molecule has 0 atom stereocenters. The fourth-order valence-corrected chi connectivity index (χ4v) is 5.67. The third-order valence-corrected chi connectivity index (χ3v) is 9.64. The van der Waals surface area contributed by atoms with Crippen LogP contribution in [-0.2, 0) is 50.0 Å². The quantitative estimate of drug-likeness (QED) is 0.0888. The van der Waals surface area contributed by atoms with Gasteiger partial charge in [-0.2, -0.15) is 0 Å². The monoisotopic (exact) mass is 983 g/mol. The van der Waals surface area contributed by atoms with Crippen molar-refractivity contribution in [2.24, 2.45) is 0 Å². The number of hydrogen-bond acceptors (Lipinski definition) is 8. The third kappa shape index (κ3) is 31.0. The standard InChI is InChI=1S/2C15H27N3.C7H7Br2N.C4H11N.CH4.2ClH.Cu/c2*1-5-17(6-2)12-14-10-9-11-15(16-14)13-18(7-3)8-4;8-4-6-2-1-3-7(5-9)10-6;1-3-5-4-2;;;;/h2*9-11H,5-8,12-13H2,1-4H3;1-3H,4-5H2;5H,3-4H2,1-2H3;1H4;2*1H;/q;;;;;;;+2/p-2. The van der Waals surface area contributed by atoms with Crippen molar-refractivity contribution in [3.05, 3.63) is 88.8 Å². The Balaban J connectivity index is -0.000000683. The molecular weight excluding hydrogens is 911 g/mol. The number of halogens is 4. The zero-order valence-corrected chi connectivity index (χ0v) is 40.6. The van der Waals surface area contributed by atoms with E-state index in [9.17, 15) is 0 Å². The number of hydrogen-bond donors (Lipinski definition) is 1. The van der Waals surface area contributed by atoms with Crippen molar-refractivity contribution >= 4 is 52.1 Å². The van der Waals surface area contributed by atoms with Gasteiger partial charge in [-0.15, -0.1) is 0 Å². The SMILES string of the molecule is BrCc1cccc(CBr)n1.C.CCN(CC)Cc1cccc(CN(CC)CC)n1.CCN(CC)Cc1cccc(CN(CC)CC)n1.CCNCC.[Cl][Cu][Cl]. The summed E-state index contributed by atoms with van der Waals surface area (Å²) >= 11 is 7.44. The molecule has 0 spiro atoms. The second kappa shape index (κ2) is 41.5. The van der Waals surface area contributed by atoms with E-state index in [1.54, 1.807) is 0 Å². The van der Waals surface area contributed by atoms with Crippen molar-refractivity contribution in [2.45, 2.75) is 114 Å². The molecule has 323 valence electrons. The van der Waals surface area contributed by atoms with Gasteiger partial charge in [0.1, 0.15) is 0 Å². The molecular formula is C42H76Br2Cl2CuN8. The maximum absolute atomic E-state index is 4.76. The molecule has 0 amide bonds. The second-order valence-electron chi connectivity index (χ2n) is 12.0. The molecule has 13 heteroatoms. The number of nitrogens with one attached hydrogen (secondary N) is 1. The van der Waals surface area contributed by atoms with Crippen LogP contribution in [0, 0.1) is 0 Å². The summed E-state index contributed by atoms with van der Waals surface area (Å²) < 4.78 is 0. The van der Waals surface area contributed by atoms with Gasteiger partial charge in [-0.1, -0.05) is 127 Å². The Kier molecular flexibility index (Phi) is 44.2. The van der Waals surface area contributed by atoms with Crippen LogP contribution in [0.15, 0.2) is 54.6 Å². The molecule has 0 radical (unpaired) electrons. The summed E-state index contributed by atoms with van der Waals surface area (Å²) in [6.45, 7) is 36.5. The average molecular weight is 987 g/mol. The summed E-state index contributed by atoms with van der Waals surface area (Å²) in [6, 6.07) is 18.8. The summed E-state index contributed by atoms with van der Waals surface area (Å²) in [5, 5.41) is 4.77. The van der Waals surface area contributed by atoms with Crippen molar-refractivity contribution in [3.63, 3.8) is 0 Å². The van der Waals surface area contributed by atoms with Crippen molar-refractivity contribution in [1.82, 2.24) is 39.9 Å². The van der Waals surface area contributed by atoms with Gasteiger partial charge in [0.2, 0.25) is 0 Å². The second-order valence-corrected chi connectivity index (χ2v) is 14.7. The Morgan fingerprint density at radius 3 is 0.818 bits per heavy atom. The van der Waals surface area contributed by atoms with Crippen molar-refractivity contribution < 1.29 is 13.1 Å². The van der Waals surface area contributed by atoms with E-state index in [1.165, 1.54) is 22.8 Å². The van der Waals surface area contributed by atoms with Gasteiger partial charge in [-0.25, -0.2) is 0 Å². The van der Waals surface area contributed by atoms with E-state index >= 15 is 0 Å². The molecule has 8 nitrogen and oxygen atoms in total. The van der Waals surface area contributed by atoms with Crippen LogP contribution in [0.5, 0.6) is 0 Å². The number of alkyl halides is 2. The van der Waals surface area contributed by atoms with E-state index in [0.29, 0.717) is 0 Å². The molecule has 55 heavy (non-hydrogen) atoms. The molecule has 3 aromatic rings. The van der Waals surface area contributed by atoms with E-state index in [2.05, 4.69) is 188 Å². The molecule has 0 bridgehead atoms. The summed E-state index contributed by atoms with van der Waals surface area (Å²) in [4.78, 5) is 23.4. The van der Waals surface area contributed by atoms with Crippen LogP contribution in [0.25, 0.3) is 0 Å². The Labute approximate surface area is 370 Å². The zero-order chi connectivity index (χ0) is 41.0. The summed E-state index contributed by atoms with van der Waals surface area (Å²) in [6.07, 6.45) is 0. The molecule has 0 aliphatic heterocycles. The molecule has 0 aliphatic carbocycles. The fraction of sp³-hybridized carbons (Fsp3) is 0.643. The van der Waals surface area contributed by atoms with Crippen molar-refractivity contribution in [2.75, 3.05) is 65.4 Å². The average Bonchev–Trinajstić information content (AvgIpc) is 3.21. The summed E-state index contributed by atoms with van der Waals surface area (Å²) in [7, 11) is 9.34. The van der Waals surface area contributed by atoms with Gasteiger partial charge in [0.15, 0.2) is 0 Å². The molecule has 0 aliphatic rings.